The van der Waals surface area contributed by atoms with Crippen molar-refractivity contribution in [3.63, 3.8) is 0 Å². The number of rotatable bonds is 5. The fraction of sp³-hybridized carbons (Fsp3) is 0.429. The van der Waals surface area contributed by atoms with E-state index in [1.807, 2.05) is 31.2 Å². The summed E-state index contributed by atoms with van der Waals surface area (Å²) >= 11 is 0. The third-order valence-corrected chi connectivity index (χ3v) is 2.95. The number of nitrogens with one attached hydrogen (secondary N) is 1. The molecule has 2 rings (SSSR count). The van der Waals surface area contributed by atoms with Crippen LogP contribution in [0.1, 0.15) is 17.5 Å². The second kappa shape index (κ2) is 6.33. The van der Waals surface area contributed by atoms with E-state index in [1.54, 1.807) is 7.11 Å². The monoisotopic (exact) mass is 262 g/mol. The van der Waals surface area contributed by atoms with Crippen molar-refractivity contribution < 1.29 is 14.4 Å². The Bertz CT molecular complexity index is 468. The number of oxime groups is 1. The topological polar surface area (TPSA) is 59.9 Å². The van der Waals surface area contributed by atoms with Gasteiger partial charge in [-0.15, -0.1) is 0 Å². The van der Waals surface area contributed by atoms with E-state index in [2.05, 4.69) is 10.5 Å². The zero-order valence-electron chi connectivity index (χ0n) is 11.2. The predicted octanol–water partition coefficient (Wildman–Crippen LogP) is 1.25. The van der Waals surface area contributed by atoms with Gasteiger partial charge in [0.05, 0.1) is 12.3 Å². The minimum atomic E-state index is -0.534. The molecule has 1 aromatic rings. The Labute approximate surface area is 112 Å². The molecule has 0 bridgehead atoms. The van der Waals surface area contributed by atoms with Crippen LogP contribution < -0.4 is 5.32 Å². The molecule has 1 aliphatic heterocycles. The van der Waals surface area contributed by atoms with Gasteiger partial charge in [-0.1, -0.05) is 35.0 Å². The van der Waals surface area contributed by atoms with Gasteiger partial charge in [0.15, 0.2) is 0 Å². The van der Waals surface area contributed by atoms with E-state index in [9.17, 15) is 4.79 Å². The summed E-state index contributed by atoms with van der Waals surface area (Å²) in [6, 6.07) is 8.01. The normalized spacial score (nSPS) is 17.8. The molecule has 0 aromatic heterocycles. The third kappa shape index (κ3) is 3.54. The maximum atomic E-state index is 11.8. The molecule has 1 aliphatic rings. The number of benzene rings is 1. The van der Waals surface area contributed by atoms with E-state index in [0.29, 0.717) is 19.6 Å². The number of methoxy groups -OCH3 is 1. The second-order valence-corrected chi connectivity index (χ2v) is 4.49. The molecule has 0 radical (unpaired) electrons. The Morgan fingerprint density at radius 2 is 2.21 bits per heavy atom. The van der Waals surface area contributed by atoms with E-state index < -0.39 is 6.10 Å². The lowest BCUT2D eigenvalue weighted by molar-refractivity contribution is -0.131. The highest BCUT2D eigenvalue weighted by Gasteiger charge is 2.28. The van der Waals surface area contributed by atoms with Crippen LogP contribution in [0.4, 0.5) is 0 Å². The van der Waals surface area contributed by atoms with Gasteiger partial charge < -0.3 is 14.9 Å². The molecule has 1 aromatic carbocycles. The van der Waals surface area contributed by atoms with Crippen LogP contribution in [0.3, 0.4) is 0 Å². The van der Waals surface area contributed by atoms with Gasteiger partial charge in [0.2, 0.25) is 6.10 Å². The van der Waals surface area contributed by atoms with Crippen molar-refractivity contribution in [3.8, 4) is 0 Å². The van der Waals surface area contributed by atoms with Gasteiger partial charge in [0.25, 0.3) is 5.91 Å². The van der Waals surface area contributed by atoms with Crippen LogP contribution in [-0.4, -0.2) is 38.0 Å². The average molecular weight is 262 g/mol. The number of carbonyl (C=O) groups is 1. The summed E-state index contributed by atoms with van der Waals surface area (Å²) in [5.41, 5.74) is 3.00. The Balaban J connectivity index is 1.88. The first kappa shape index (κ1) is 13.5. The van der Waals surface area contributed by atoms with Gasteiger partial charge in [-0.2, -0.15) is 0 Å². The Hall–Kier alpha value is -1.88. The fourth-order valence-corrected chi connectivity index (χ4v) is 1.82. The maximum absolute atomic E-state index is 11.8. The van der Waals surface area contributed by atoms with Crippen LogP contribution in [0.5, 0.6) is 0 Å². The third-order valence-electron chi connectivity index (χ3n) is 2.95. The van der Waals surface area contributed by atoms with Crippen molar-refractivity contribution in [2.75, 3.05) is 20.3 Å². The molecule has 19 heavy (non-hydrogen) atoms. The number of hydrogen-bond donors (Lipinski definition) is 1. The highest BCUT2D eigenvalue weighted by molar-refractivity contribution is 6.04. The molecule has 0 unspecified atom stereocenters. The summed E-state index contributed by atoms with van der Waals surface area (Å²) in [7, 11) is 1.59. The quantitative estimate of drug-likeness (QED) is 0.812. The number of hydrogen-bond acceptors (Lipinski definition) is 4. The van der Waals surface area contributed by atoms with Crippen molar-refractivity contribution in [3.05, 3.63) is 35.4 Å². The molecule has 1 heterocycles. The van der Waals surface area contributed by atoms with Crippen molar-refractivity contribution in [1.29, 1.82) is 0 Å². The van der Waals surface area contributed by atoms with Crippen molar-refractivity contribution in [1.82, 2.24) is 5.32 Å². The lowest BCUT2D eigenvalue weighted by atomic mass is 10.0. The van der Waals surface area contributed by atoms with E-state index in [0.717, 1.165) is 11.3 Å². The summed E-state index contributed by atoms with van der Waals surface area (Å²) in [4.78, 5) is 17.0. The lowest BCUT2D eigenvalue weighted by Crippen LogP contribution is -2.36. The van der Waals surface area contributed by atoms with Gasteiger partial charge in [-0.05, 0) is 12.5 Å². The molecular weight excluding hydrogens is 244 g/mol. The largest absolute Gasteiger partial charge is 0.383 e. The van der Waals surface area contributed by atoms with E-state index >= 15 is 0 Å². The summed E-state index contributed by atoms with van der Waals surface area (Å²) < 4.78 is 4.87. The van der Waals surface area contributed by atoms with Crippen LogP contribution in [0.15, 0.2) is 29.4 Å². The van der Waals surface area contributed by atoms with Gasteiger partial charge in [0, 0.05) is 20.1 Å². The first-order chi connectivity index (χ1) is 9.20. The van der Waals surface area contributed by atoms with Gasteiger partial charge in [-0.3, -0.25) is 4.79 Å². The van der Waals surface area contributed by atoms with E-state index in [-0.39, 0.29) is 5.91 Å². The average Bonchev–Trinajstić information content (AvgIpc) is 2.89. The van der Waals surface area contributed by atoms with Crippen LogP contribution in [-0.2, 0) is 14.4 Å². The number of carbonyl (C=O) groups excluding carboxylic acids is 1. The standard InChI is InChI=1S/C14H18N2O3/c1-10-3-5-11(6-4-10)12-9-13(19-16-12)14(17)15-7-8-18-2/h3-6,13H,7-9H2,1-2H3,(H,15,17)/t13-/m1/s1. The molecule has 0 spiro atoms. The van der Waals surface area contributed by atoms with E-state index in [4.69, 9.17) is 9.57 Å². The molecule has 102 valence electrons. The summed E-state index contributed by atoms with van der Waals surface area (Å²) in [5, 5.41) is 6.74. The molecule has 1 N–H and O–H groups in total. The number of aryl methyl sites for hydroxylation is 1. The van der Waals surface area contributed by atoms with Crippen LogP contribution in [0.2, 0.25) is 0 Å². The first-order valence-electron chi connectivity index (χ1n) is 6.27. The number of amides is 1. The molecule has 1 amide bonds. The second-order valence-electron chi connectivity index (χ2n) is 4.49. The van der Waals surface area contributed by atoms with E-state index in [1.165, 1.54) is 5.56 Å². The van der Waals surface area contributed by atoms with Crippen molar-refractivity contribution in [2.45, 2.75) is 19.4 Å². The minimum Gasteiger partial charge on any atom is -0.383 e. The predicted molar refractivity (Wildman–Crippen MR) is 72.1 cm³/mol. The summed E-state index contributed by atoms with van der Waals surface area (Å²) in [6.45, 7) is 3.00. The molecule has 0 saturated heterocycles. The Morgan fingerprint density at radius 1 is 1.47 bits per heavy atom. The Morgan fingerprint density at radius 3 is 2.89 bits per heavy atom. The van der Waals surface area contributed by atoms with Crippen LogP contribution >= 0.6 is 0 Å². The number of ether oxygens (including phenoxy) is 1. The summed E-state index contributed by atoms with van der Waals surface area (Å²) in [5.74, 6) is -0.150. The zero-order valence-corrected chi connectivity index (χ0v) is 11.2. The molecule has 5 heteroatoms. The lowest BCUT2D eigenvalue weighted by Gasteiger charge is -2.08. The molecular formula is C14H18N2O3. The van der Waals surface area contributed by atoms with Gasteiger partial charge in [0.1, 0.15) is 0 Å². The first-order valence-corrected chi connectivity index (χ1v) is 6.27. The highest BCUT2D eigenvalue weighted by atomic mass is 16.6. The Kier molecular flexibility index (Phi) is 4.52. The molecule has 5 nitrogen and oxygen atoms in total. The van der Waals surface area contributed by atoms with Gasteiger partial charge in [-0.25, -0.2) is 0 Å². The molecule has 0 aliphatic carbocycles. The number of nitrogens with zero attached hydrogens (tertiary/aromatic N) is 1. The molecule has 0 saturated carbocycles. The van der Waals surface area contributed by atoms with Crippen LogP contribution in [0.25, 0.3) is 0 Å². The van der Waals surface area contributed by atoms with Crippen molar-refractivity contribution in [2.24, 2.45) is 5.16 Å². The molecule has 1 atom stereocenters. The SMILES string of the molecule is COCCNC(=O)[C@H]1CC(c2ccc(C)cc2)=NO1. The smallest absolute Gasteiger partial charge is 0.264 e. The minimum absolute atomic E-state index is 0.150. The summed E-state index contributed by atoms with van der Waals surface area (Å²) in [6.07, 6.45) is -0.0323. The maximum Gasteiger partial charge on any atom is 0.264 e. The van der Waals surface area contributed by atoms with Gasteiger partial charge >= 0.3 is 0 Å². The highest BCUT2D eigenvalue weighted by Crippen LogP contribution is 2.17. The van der Waals surface area contributed by atoms with Crippen LogP contribution in [0, 0.1) is 6.92 Å². The van der Waals surface area contributed by atoms with Crippen molar-refractivity contribution >= 4 is 11.6 Å². The zero-order chi connectivity index (χ0) is 13.7. The fourth-order valence-electron chi connectivity index (χ4n) is 1.82. The molecule has 0 fully saturated rings.